The number of amidine groups is 1. The predicted octanol–water partition coefficient (Wildman–Crippen LogP) is 11.8. The summed E-state index contributed by atoms with van der Waals surface area (Å²) in [5.41, 5.74) is 11.3. The Morgan fingerprint density at radius 2 is 1.59 bits per heavy atom. The molecule has 0 saturated heterocycles. The van der Waals surface area contributed by atoms with E-state index in [9.17, 15) is 0 Å². The molecule has 0 amide bonds. The third-order valence-electron chi connectivity index (χ3n) is 10.5. The van der Waals surface area contributed by atoms with Crippen molar-refractivity contribution >= 4 is 39.1 Å². The van der Waals surface area contributed by atoms with Crippen LogP contribution in [-0.4, -0.2) is 11.5 Å². The van der Waals surface area contributed by atoms with Gasteiger partial charge < -0.3 is 10.3 Å². The molecule has 0 fully saturated rings. The number of nitrogens with zero attached hydrogens (tertiary/aromatic N) is 2. The lowest BCUT2D eigenvalue weighted by Crippen LogP contribution is -2.18. The summed E-state index contributed by atoms with van der Waals surface area (Å²) >= 11 is 0. The van der Waals surface area contributed by atoms with Gasteiger partial charge in [-0.1, -0.05) is 177 Å². The highest BCUT2D eigenvalue weighted by molar-refractivity contribution is 6.28. The molecule has 4 aromatic carbocycles. The molecule has 264 valence electrons. The number of hydrazone groups is 1. The Kier molecular flexibility index (Phi) is 9.99. The first-order valence-electron chi connectivity index (χ1n) is 18.7. The summed E-state index contributed by atoms with van der Waals surface area (Å²) in [5.74, 6) is 7.67. The SMILES string of the molecule is C=C/C(=C\C=C/Cc1ccc2oc3ccccc3c2c1C(=N/C(=N\N)C1=CC2C=CC(C3=CC=CCC3C)=CC2C=C1)c1ccccc1)c1ccccc1. The maximum Gasteiger partial charge on any atom is 0.178 e. The Labute approximate surface area is 317 Å². The molecule has 0 spiro atoms. The fraction of sp³-hybridized carbons (Fsp3) is 0.120. The average Bonchev–Trinajstić information content (AvgIpc) is 3.61. The van der Waals surface area contributed by atoms with E-state index in [0.717, 1.165) is 67.5 Å². The molecule has 4 nitrogen and oxygen atoms in total. The second-order valence-corrected chi connectivity index (χ2v) is 14.0. The van der Waals surface area contributed by atoms with Crippen LogP contribution in [0, 0.1) is 17.8 Å². The van der Waals surface area contributed by atoms with Gasteiger partial charge >= 0.3 is 0 Å². The molecule has 4 heteroatoms. The number of aliphatic imine (C=N–C) groups is 1. The minimum absolute atomic E-state index is 0.183. The van der Waals surface area contributed by atoms with Gasteiger partial charge in [-0.05, 0) is 58.7 Å². The van der Waals surface area contributed by atoms with Gasteiger partial charge in [0.25, 0.3) is 0 Å². The fourth-order valence-corrected chi connectivity index (χ4v) is 7.73. The molecule has 1 aromatic heterocycles. The third kappa shape index (κ3) is 6.99. The molecule has 54 heavy (non-hydrogen) atoms. The molecule has 1 heterocycles. The van der Waals surface area contributed by atoms with Crippen LogP contribution in [0.15, 0.2) is 214 Å². The van der Waals surface area contributed by atoms with Crippen LogP contribution in [0.5, 0.6) is 0 Å². The first-order chi connectivity index (χ1) is 26.6. The van der Waals surface area contributed by atoms with Crippen molar-refractivity contribution in [2.24, 2.45) is 33.7 Å². The van der Waals surface area contributed by atoms with Crippen molar-refractivity contribution in [2.75, 3.05) is 0 Å². The Bertz CT molecular complexity index is 2530. The Morgan fingerprint density at radius 3 is 2.37 bits per heavy atom. The van der Waals surface area contributed by atoms with Gasteiger partial charge in [0.2, 0.25) is 0 Å². The number of furan rings is 1. The van der Waals surface area contributed by atoms with E-state index in [1.54, 1.807) is 0 Å². The Morgan fingerprint density at radius 1 is 0.852 bits per heavy atom. The van der Waals surface area contributed by atoms with Crippen molar-refractivity contribution in [1.29, 1.82) is 0 Å². The second kappa shape index (κ2) is 15.6. The molecular weight excluding hydrogens is 659 g/mol. The van der Waals surface area contributed by atoms with Crippen molar-refractivity contribution in [1.82, 2.24) is 0 Å². The van der Waals surface area contributed by atoms with Gasteiger partial charge in [0, 0.05) is 39.3 Å². The van der Waals surface area contributed by atoms with E-state index in [4.69, 9.17) is 15.3 Å². The molecule has 0 saturated carbocycles. The van der Waals surface area contributed by atoms with Crippen LogP contribution in [-0.2, 0) is 6.42 Å². The van der Waals surface area contributed by atoms with E-state index < -0.39 is 0 Å². The third-order valence-corrected chi connectivity index (χ3v) is 10.5. The number of allylic oxidation sites excluding steroid dienone is 15. The Balaban J connectivity index is 1.21. The van der Waals surface area contributed by atoms with E-state index in [0.29, 0.717) is 18.2 Å². The molecule has 3 aliphatic rings. The van der Waals surface area contributed by atoms with E-state index in [1.807, 2.05) is 54.6 Å². The summed E-state index contributed by atoms with van der Waals surface area (Å²) in [5, 5.41) is 6.38. The zero-order valence-corrected chi connectivity index (χ0v) is 30.5. The molecule has 3 atom stereocenters. The molecule has 0 bridgehead atoms. The maximum absolute atomic E-state index is 6.43. The molecule has 3 aliphatic carbocycles. The summed E-state index contributed by atoms with van der Waals surface area (Å²) in [6, 6.07) is 33.0. The number of nitrogens with two attached hydrogens (primary N) is 1. The molecule has 0 aliphatic heterocycles. The minimum atomic E-state index is 0.183. The number of rotatable bonds is 9. The second-order valence-electron chi connectivity index (χ2n) is 14.0. The van der Waals surface area contributed by atoms with Crippen molar-refractivity contribution in [3.63, 3.8) is 0 Å². The van der Waals surface area contributed by atoms with Crippen molar-refractivity contribution in [3.8, 4) is 0 Å². The molecule has 2 N–H and O–H groups in total. The van der Waals surface area contributed by atoms with Crippen LogP contribution in [0.2, 0.25) is 0 Å². The predicted molar refractivity (Wildman–Crippen MR) is 227 cm³/mol. The van der Waals surface area contributed by atoms with Gasteiger partial charge in [-0.3, -0.25) is 0 Å². The summed E-state index contributed by atoms with van der Waals surface area (Å²) in [6.07, 6.45) is 30.3. The van der Waals surface area contributed by atoms with Crippen LogP contribution < -0.4 is 5.84 Å². The normalized spacial score (nSPS) is 20.3. The van der Waals surface area contributed by atoms with Gasteiger partial charge in [-0.25, -0.2) is 4.99 Å². The van der Waals surface area contributed by atoms with E-state index in [1.165, 1.54) is 11.1 Å². The van der Waals surface area contributed by atoms with Gasteiger partial charge in [-0.2, -0.15) is 5.10 Å². The van der Waals surface area contributed by atoms with Crippen LogP contribution in [0.25, 0.3) is 27.5 Å². The highest BCUT2D eigenvalue weighted by Gasteiger charge is 2.26. The molecule has 5 aromatic rings. The first kappa shape index (κ1) is 34.6. The maximum atomic E-state index is 6.43. The lowest BCUT2D eigenvalue weighted by molar-refractivity contribution is 0.641. The van der Waals surface area contributed by atoms with Gasteiger partial charge in [0.15, 0.2) is 5.84 Å². The average molecular weight is 702 g/mol. The van der Waals surface area contributed by atoms with Gasteiger partial charge in [0.05, 0.1) is 5.71 Å². The molecule has 3 unspecified atom stereocenters. The van der Waals surface area contributed by atoms with E-state index in [2.05, 4.69) is 140 Å². The lowest BCUT2D eigenvalue weighted by atomic mass is 9.77. The largest absolute Gasteiger partial charge is 0.456 e. The van der Waals surface area contributed by atoms with Crippen molar-refractivity contribution in [2.45, 2.75) is 19.8 Å². The van der Waals surface area contributed by atoms with Crippen LogP contribution in [0.3, 0.4) is 0 Å². The highest BCUT2D eigenvalue weighted by Crippen LogP contribution is 2.38. The smallest absolute Gasteiger partial charge is 0.178 e. The zero-order chi connectivity index (χ0) is 36.9. The van der Waals surface area contributed by atoms with Crippen LogP contribution >= 0.6 is 0 Å². The number of benzene rings is 4. The summed E-state index contributed by atoms with van der Waals surface area (Å²) < 4.78 is 6.43. The van der Waals surface area contributed by atoms with Crippen molar-refractivity contribution in [3.05, 3.63) is 222 Å². The van der Waals surface area contributed by atoms with E-state index >= 15 is 0 Å². The zero-order valence-electron chi connectivity index (χ0n) is 30.5. The standard InChI is InChI=1S/C50H43N3O/c1-3-35(36-18-6-4-7-19-36)17-11-12-20-37-30-31-46-48(44-24-14-15-25-45(44)54-46)47(37)49(38-21-8-5-9-22-38)52-50(53-51)42-29-27-39-32-41(28-26-40(39)33-42)43-23-13-10-16-34(43)2/h3-15,17-19,21-34,39-40H,1,16,20,51H2,2H3/b12-11-,35-17+,52-49?,53-50-. The quantitative estimate of drug-likeness (QED) is 0.0547. The fourth-order valence-electron chi connectivity index (χ4n) is 7.73. The summed E-state index contributed by atoms with van der Waals surface area (Å²) in [6.45, 7) is 6.35. The molecule has 0 radical (unpaired) electrons. The summed E-state index contributed by atoms with van der Waals surface area (Å²) in [4.78, 5) is 5.38. The molecule has 8 rings (SSSR count). The summed E-state index contributed by atoms with van der Waals surface area (Å²) in [7, 11) is 0. The number of hydrogen-bond donors (Lipinski definition) is 1. The van der Waals surface area contributed by atoms with Crippen LogP contribution in [0.4, 0.5) is 0 Å². The Hall–Kier alpha value is -6.52. The topological polar surface area (TPSA) is 63.9 Å². The first-order valence-corrected chi connectivity index (χ1v) is 18.7. The lowest BCUT2D eigenvalue weighted by Gasteiger charge is -2.28. The molecular formula is C50H43N3O. The monoisotopic (exact) mass is 701 g/mol. The number of hydrogen-bond acceptors (Lipinski definition) is 3. The highest BCUT2D eigenvalue weighted by atomic mass is 16.3. The van der Waals surface area contributed by atoms with Crippen molar-refractivity contribution < 1.29 is 4.42 Å². The van der Waals surface area contributed by atoms with Gasteiger partial charge in [0.1, 0.15) is 11.2 Å². The van der Waals surface area contributed by atoms with E-state index in [-0.39, 0.29) is 11.8 Å². The minimum Gasteiger partial charge on any atom is -0.456 e. The van der Waals surface area contributed by atoms with Gasteiger partial charge in [-0.15, -0.1) is 0 Å². The van der Waals surface area contributed by atoms with Crippen LogP contribution in [0.1, 0.15) is 35.6 Å². The number of fused-ring (bicyclic) bond motifs is 4. The number of para-hydroxylation sites is 1.